The van der Waals surface area contributed by atoms with Crippen LogP contribution in [0.5, 0.6) is 0 Å². The Balaban J connectivity index is 2.62. The number of aromatic nitrogens is 1. The van der Waals surface area contributed by atoms with E-state index in [9.17, 15) is 0 Å². The van der Waals surface area contributed by atoms with Crippen molar-refractivity contribution >= 4 is 28.1 Å². The smallest absolute Gasteiger partial charge is 0.183 e. The van der Waals surface area contributed by atoms with Gasteiger partial charge in [-0.3, -0.25) is 0 Å². The van der Waals surface area contributed by atoms with Crippen LogP contribution in [-0.4, -0.2) is 12.0 Å². The number of anilines is 1. The van der Waals surface area contributed by atoms with E-state index >= 15 is 0 Å². The Labute approximate surface area is 116 Å². The minimum Gasteiger partial charge on any atom is -0.365 e. The number of nitrogens with one attached hydrogen (secondary N) is 1. The number of hydrogen-bond acceptors (Lipinski definition) is 4. The zero-order chi connectivity index (χ0) is 13.3. The normalized spacial score (nSPS) is 12.5. The molecule has 3 nitrogen and oxygen atoms in total. The Hall–Kier alpha value is -1.10. The molecular weight excluding hydrogens is 266 g/mol. The maximum Gasteiger partial charge on any atom is 0.183 e. The molecule has 0 aliphatic rings. The number of hydrogen-bond donors (Lipinski definition) is 2. The van der Waals surface area contributed by atoms with Gasteiger partial charge in [-0.25, -0.2) is 4.98 Å². The molecule has 0 spiro atoms. The molecule has 1 aromatic carbocycles. The van der Waals surface area contributed by atoms with E-state index in [1.165, 1.54) is 0 Å². The molecule has 3 N–H and O–H groups in total. The average Bonchev–Trinajstić information content (AvgIpc) is 2.76. The first-order chi connectivity index (χ1) is 8.52. The molecule has 0 saturated carbocycles. The van der Waals surface area contributed by atoms with Gasteiger partial charge >= 0.3 is 0 Å². The lowest BCUT2D eigenvalue weighted by molar-refractivity contribution is 0.837. The van der Waals surface area contributed by atoms with E-state index in [0.717, 1.165) is 26.8 Å². The summed E-state index contributed by atoms with van der Waals surface area (Å²) in [5.41, 5.74) is 9.14. The SMILES string of the molecule is CNc1nc(-c2cc(Cl)ccc2C)c(C(C)N)s1. The van der Waals surface area contributed by atoms with E-state index in [4.69, 9.17) is 17.3 Å². The third-order valence-corrected chi connectivity index (χ3v) is 4.24. The second kappa shape index (κ2) is 5.26. The van der Waals surface area contributed by atoms with E-state index in [-0.39, 0.29) is 6.04 Å². The second-order valence-electron chi connectivity index (χ2n) is 4.23. The molecular formula is C13H16ClN3S. The molecule has 1 aromatic heterocycles. The van der Waals surface area contributed by atoms with Crippen LogP contribution in [0.1, 0.15) is 23.4 Å². The third kappa shape index (κ3) is 2.51. The van der Waals surface area contributed by atoms with Crippen LogP contribution < -0.4 is 11.1 Å². The Morgan fingerprint density at radius 2 is 2.17 bits per heavy atom. The van der Waals surface area contributed by atoms with Crippen LogP contribution in [0, 0.1) is 6.92 Å². The van der Waals surface area contributed by atoms with Crippen molar-refractivity contribution in [3.05, 3.63) is 33.7 Å². The summed E-state index contributed by atoms with van der Waals surface area (Å²) in [4.78, 5) is 5.66. The Morgan fingerprint density at radius 1 is 1.44 bits per heavy atom. The number of nitrogens with zero attached hydrogens (tertiary/aromatic N) is 1. The van der Waals surface area contributed by atoms with Crippen molar-refractivity contribution in [1.29, 1.82) is 0 Å². The fraction of sp³-hybridized carbons (Fsp3) is 0.308. The number of thiazole rings is 1. The van der Waals surface area contributed by atoms with Gasteiger partial charge in [0.2, 0.25) is 0 Å². The number of nitrogens with two attached hydrogens (primary N) is 1. The largest absolute Gasteiger partial charge is 0.365 e. The minimum atomic E-state index is -0.0435. The number of halogens is 1. The van der Waals surface area contributed by atoms with Gasteiger partial charge in [-0.15, -0.1) is 0 Å². The van der Waals surface area contributed by atoms with Crippen LogP contribution in [0.3, 0.4) is 0 Å². The summed E-state index contributed by atoms with van der Waals surface area (Å²) in [6.45, 7) is 4.02. The fourth-order valence-electron chi connectivity index (χ4n) is 1.79. The summed E-state index contributed by atoms with van der Waals surface area (Å²) in [6, 6.07) is 5.79. The van der Waals surface area contributed by atoms with E-state index < -0.39 is 0 Å². The van der Waals surface area contributed by atoms with Gasteiger partial charge in [0.05, 0.1) is 10.6 Å². The van der Waals surface area contributed by atoms with Crippen molar-refractivity contribution in [2.45, 2.75) is 19.9 Å². The zero-order valence-corrected chi connectivity index (χ0v) is 12.2. The second-order valence-corrected chi connectivity index (χ2v) is 5.70. The molecule has 1 atom stereocenters. The molecule has 2 rings (SSSR count). The quantitative estimate of drug-likeness (QED) is 0.899. The van der Waals surface area contributed by atoms with Gasteiger partial charge in [-0.1, -0.05) is 29.0 Å². The Kier molecular flexibility index (Phi) is 3.90. The number of rotatable bonds is 3. The molecule has 0 aliphatic carbocycles. The van der Waals surface area contributed by atoms with Crippen LogP contribution in [0.15, 0.2) is 18.2 Å². The first-order valence-electron chi connectivity index (χ1n) is 5.73. The molecule has 2 aromatic rings. The lowest BCUT2D eigenvalue weighted by atomic mass is 10.0. The van der Waals surface area contributed by atoms with Crippen molar-refractivity contribution in [2.75, 3.05) is 12.4 Å². The monoisotopic (exact) mass is 281 g/mol. The number of benzene rings is 1. The summed E-state index contributed by atoms with van der Waals surface area (Å²) < 4.78 is 0. The van der Waals surface area contributed by atoms with Crippen molar-refractivity contribution in [3.8, 4) is 11.3 Å². The molecule has 0 saturated heterocycles. The van der Waals surface area contributed by atoms with Crippen LogP contribution in [0.4, 0.5) is 5.13 Å². The van der Waals surface area contributed by atoms with Gasteiger partial charge in [0.15, 0.2) is 5.13 Å². The van der Waals surface area contributed by atoms with E-state index in [0.29, 0.717) is 5.02 Å². The molecule has 1 heterocycles. The van der Waals surface area contributed by atoms with E-state index in [1.807, 2.05) is 32.2 Å². The van der Waals surface area contributed by atoms with Gasteiger partial charge in [0, 0.05) is 23.7 Å². The van der Waals surface area contributed by atoms with Crippen LogP contribution >= 0.6 is 22.9 Å². The zero-order valence-electron chi connectivity index (χ0n) is 10.6. The van der Waals surface area contributed by atoms with Gasteiger partial charge in [0.25, 0.3) is 0 Å². The first kappa shape index (κ1) is 13.3. The van der Waals surface area contributed by atoms with Crippen molar-refractivity contribution in [1.82, 2.24) is 4.98 Å². The molecule has 0 radical (unpaired) electrons. The van der Waals surface area contributed by atoms with Crippen LogP contribution in [0.25, 0.3) is 11.3 Å². The van der Waals surface area contributed by atoms with Crippen LogP contribution in [0.2, 0.25) is 5.02 Å². The molecule has 0 bridgehead atoms. The summed E-state index contributed by atoms with van der Waals surface area (Å²) in [6.07, 6.45) is 0. The van der Waals surface area contributed by atoms with Gasteiger partial charge in [-0.05, 0) is 31.5 Å². The first-order valence-corrected chi connectivity index (χ1v) is 6.93. The van der Waals surface area contributed by atoms with Crippen molar-refractivity contribution < 1.29 is 0 Å². The predicted octanol–water partition coefficient (Wildman–Crippen LogP) is 3.83. The highest BCUT2D eigenvalue weighted by atomic mass is 35.5. The maximum absolute atomic E-state index is 6.07. The molecule has 96 valence electrons. The Bertz CT molecular complexity index is 563. The maximum atomic E-state index is 6.07. The molecule has 0 aliphatic heterocycles. The highest BCUT2D eigenvalue weighted by Gasteiger charge is 2.17. The van der Waals surface area contributed by atoms with E-state index in [1.54, 1.807) is 11.3 Å². The standard InChI is InChI=1S/C13H16ClN3S/c1-7-4-5-9(14)6-10(7)11-12(8(2)15)18-13(16-3)17-11/h4-6,8H,15H2,1-3H3,(H,16,17). The Morgan fingerprint density at radius 3 is 2.78 bits per heavy atom. The predicted molar refractivity (Wildman–Crippen MR) is 79.4 cm³/mol. The van der Waals surface area contributed by atoms with Gasteiger partial charge in [0.1, 0.15) is 0 Å². The van der Waals surface area contributed by atoms with Gasteiger partial charge in [-0.2, -0.15) is 0 Å². The lowest BCUT2D eigenvalue weighted by Gasteiger charge is -2.08. The average molecular weight is 282 g/mol. The fourth-order valence-corrected chi connectivity index (χ4v) is 2.85. The molecule has 0 fully saturated rings. The third-order valence-electron chi connectivity index (χ3n) is 2.74. The van der Waals surface area contributed by atoms with E-state index in [2.05, 4.69) is 17.2 Å². The molecule has 1 unspecified atom stereocenters. The topological polar surface area (TPSA) is 50.9 Å². The highest BCUT2D eigenvalue weighted by molar-refractivity contribution is 7.16. The van der Waals surface area contributed by atoms with Crippen LogP contribution in [-0.2, 0) is 0 Å². The summed E-state index contributed by atoms with van der Waals surface area (Å²) in [5.74, 6) is 0. The van der Waals surface area contributed by atoms with Crippen molar-refractivity contribution in [2.24, 2.45) is 5.73 Å². The number of aryl methyl sites for hydroxylation is 1. The molecule has 0 amide bonds. The summed E-state index contributed by atoms with van der Waals surface area (Å²) in [7, 11) is 1.86. The molecule has 5 heteroatoms. The van der Waals surface area contributed by atoms with Gasteiger partial charge < -0.3 is 11.1 Å². The summed E-state index contributed by atoms with van der Waals surface area (Å²) >= 11 is 7.65. The lowest BCUT2D eigenvalue weighted by Crippen LogP contribution is -2.04. The minimum absolute atomic E-state index is 0.0435. The highest BCUT2D eigenvalue weighted by Crippen LogP contribution is 2.36. The summed E-state index contributed by atoms with van der Waals surface area (Å²) in [5, 5.41) is 4.65. The molecule has 18 heavy (non-hydrogen) atoms. The van der Waals surface area contributed by atoms with Crippen molar-refractivity contribution in [3.63, 3.8) is 0 Å².